The molecule has 2 unspecified atom stereocenters. The molecule has 3 heterocycles. The minimum Gasteiger partial charge on any atom is -0.363 e. The molecule has 248 valence electrons. The SMILES string of the molecule is CCCCCCCN1C(=CC(=CC=Cc2scc(C)[n+]2CCCCCCC)C2=[N+](CCCCCCC)C(C)CS2)SCC1C. The van der Waals surface area contributed by atoms with Crippen molar-refractivity contribution in [2.45, 2.75) is 156 Å². The van der Waals surface area contributed by atoms with Crippen LogP contribution in [0.3, 0.4) is 0 Å². The summed E-state index contributed by atoms with van der Waals surface area (Å²) in [5.41, 5.74) is 2.81. The number of aromatic nitrogens is 1. The van der Waals surface area contributed by atoms with Crippen LogP contribution in [0.5, 0.6) is 0 Å². The lowest BCUT2D eigenvalue weighted by Gasteiger charge is -2.24. The van der Waals surface area contributed by atoms with Gasteiger partial charge in [0, 0.05) is 44.2 Å². The van der Waals surface area contributed by atoms with Crippen molar-refractivity contribution >= 4 is 46.0 Å². The van der Waals surface area contributed by atoms with Crippen LogP contribution >= 0.6 is 34.9 Å². The molecule has 1 aromatic rings. The Hall–Kier alpha value is -0.980. The zero-order chi connectivity index (χ0) is 31.6. The van der Waals surface area contributed by atoms with E-state index < -0.39 is 0 Å². The number of thioether (sulfide) groups is 2. The van der Waals surface area contributed by atoms with Crippen molar-refractivity contribution < 1.29 is 9.14 Å². The molecule has 2 atom stereocenters. The molecule has 0 aromatic carbocycles. The zero-order valence-corrected chi connectivity index (χ0v) is 31.7. The summed E-state index contributed by atoms with van der Waals surface area (Å²) >= 11 is 6.05. The molecule has 2 aliphatic heterocycles. The average molecular weight is 660 g/mol. The highest BCUT2D eigenvalue weighted by molar-refractivity contribution is 8.14. The molecule has 3 rings (SSSR count). The van der Waals surface area contributed by atoms with E-state index >= 15 is 0 Å². The quantitative estimate of drug-likeness (QED) is 0.0697. The highest BCUT2D eigenvalue weighted by Gasteiger charge is 2.33. The van der Waals surface area contributed by atoms with Crippen LogP contribution in [0.1, 0.15) is 142 Å². The van der Waals surface area contributed by atoms with Crippen molar-refractivity contribution in [2.24, 2.45) is 0 Å². The first-order valence-corrected chi connectivity index (χ1v) is 21.1. The monoisotopic (exact) mass is 659 g/mol. The highest BCUT2D eigenvalue weighted by atomic mass is 32.2. The molecular formula is C38H65N3S3+2. The van der Waals surface area contributed by atoms with E-state index in [-0.39, 0.29) is 0 Å². The molecule has 6 heteroatoms. The van der Waals surface area contributed by atoms with Gasteiger partial charge in [0.1, 0.15) is 13.1 Å². The first kappa shape index (κ1) is 37.5. The maximum Gasteiger partial charge on any atom is 0.261 e. The largest absolute Gasteiger partial charge is 0.363 e. The van der Waals surface area contributed by atoms with Gasteiger partial charge in [-0.2, -0.15) is 4.57 Å². The molecule has 3 nitrogen and oxygen atoms in total. The summed E-state index contributed by atoms with van der Waals surface area (Å²) in [6, 6.07) is 1.22. The summed E-state index contributed by atoms with van der Waals surface area (Å²) in [7, 11) is 0. The molecule has 2 aliphatic rings. The molecule has 0 radical (unpaired) electrons. The number of nitrogens with zero attached hydrogens (tertiary/aromatic N) is 3. The Labute approximate surface area is 284 Å². The second-order valence-corrected chi connectivity index (χ2v) is 16.0. The summed E-state index contributed by atoms with van der Waals surface area (Å²) in [4.78, 5) is 2.71. The second kappa shape index (κ2) is 21.7. The number of unbranched alkanes of at least 4 members (excludes halogenated alkanes) is 12. The third-order valence-electron chi connectivity index (χ3n) is 9.11. The Morgan fingerprint density at radius 2 is 1.45 bits per heavy atom. The molecule has 0 aliphatic carbocycles. The van der Waals surface area contributed by atoms with Crippen LogP contribution in [0.4, 0.5) is 0 Å². The standard InChI is InChI=1S/C38H65N3S3/c1-7-10-13-16-19-25-39-32(4)29-42-36(39)24-22-23-35(38-41(34(6)31-44-38)27-21-18-15-12-9-3)28-37-40(33(5)30-43-37)26-20-17-14-11-8-2/h22-24,28-29,33-34H,7-21,25-27,30-31H2,1-6H3/q+2. The molecule has 1 fully saturated rings. The summed E-state index contributed by atoms with van der Waals surface area (Å²) in [6.07, 6.45) is 29.8. The molecule has 0 N–H and O–H groups in total. The highest BCUT2D eigenvalue weighted by Crippen LogP contribution is 2.35. The summed E-state index contributed by atoms with van der Waals surface area (Å²) in [5.74, 6) is 2.40. The normalized spacial score (nSPS) is 20.4. The van der Waals surface area contributed by atoms with Crippen LogP contribution in [0.25, 0.3) is 6.08 Å². The second-order valence-electron chi connectivity index (χ2n) is 13.1. The molecule has 0 bridgehead atoms. The van der Waals surface area contributed by atoms with Crippen molar-refractivity contribution in [1.29, 1.82) is 0 Å². The predicted octanol–water partition coefficient (Wildman–Crippen LogP) is 11.0. The van der Waals surface area contributed by atoms with Crippen LogP contribution < -0.4 is 4.57 Å². The maximum absolute atomic E-state index is 2.73. The Kier molecular flexibility index (Phi) is 18.5. The van der Waals surface area contributed by atoms with Gasteiger partial charge in [0.05, 0.1) is 21.7 Å². The molecule has 44 heavy (non-hydrogen) atoms. The Bertz CT molecular complexity index is 1080. The van der Waals surface area contributed by atoms with Gasteiger partial charge in [-0.3, -0.25) is 0 Å². The fraction of sp³-hybridized carbons (Fsp3) is 0.737. The van der Waals surface area contributed by atoms with Crippen LogP contribution in [0.2, 0.25) is 0 Å². The third-order valence-corrected chi connectivity index (χ3v) is 12.9. The van der Waals surface area contributed by atoms with Gasteiger partial charge in [-0.05, 0) is 45.3 Å². The lowest BCUT2D eigenvalue weighted by Crippen LogP contribution is -2.37. The van der Waals surface area contributed by atoms with E-state index in [1.165, 1.54) is 147 Å². The Balaban J connectivity index is 1.85. The predicted molar refractivity (Wildman–Crippen MR) is 201 cm³/mol. The van der Waals surface area contributed by atoms with Crippen LogP contribution in [0.15, 0.2) is 34.2 Å². The Morgan fingerprint density at radius 1 is 0.818 bits per heavy atom. The van der Waals surface area contributed by atoms with Crippen LogP contribution in [-0.4, -0.2) is 51.2 Å². The molecule has 0 saturated carbocycles. The van der Waals surface area contributed by atoms with E-state index in [0.29, 0.717) is 12.1 Å². The lowest BCUT2D eigenvalue weighted by molar-refractivity contribution is -0.700. The molecular weight excluding hydrogens is 595 g/mol. The van der Waals surface area contributed by atoms with Gasteiger partial charge >= 0.3 is 0 Å². The number of hydrogen-bond donors (Lipinski definition) is 0. The van der Waals surface area contributed by atoms with E-state index in [4.69, 9.17) is 0 Å². The van der Waals surface area contributed by atoms with Crippen LogP contribution in [0, 0.1) is 6.92 Å². The number of hydrogen-bond acceptors (Lipinski definition) is 4. The maximum atomic E-state index is 2.73. The van der Waals surface area contributed by atoms with Gasteiger partial charge in [-0.15, -0.1) is 11.8 Å². The fourth-order valence-corrected chi connectivity index (χ4v) is 9.74. The minimum atomic E-state index is 0.603. The van der Waals surface area contributed by atoms with E-state index in [1.54, 1.807) is 0 Å². The van der Waals surface area contributed by atoms with Crippen molar-refractivity contribution in [1.82, 2.24) is 4.90 Å². The van der Waals surface area contributed by atoms with Gasteiger partial charge in [0.15, 0.2) is 11.7 Å². The summed E-state index contributed by atoms with van der Waals surface area (Å²) in [5, 5.41) is 6.69. The molecule has 1 saturated heterocycles. The first-order valence-electron chi connectivity index (χ1n) is 18.2. The number of allylic oxidation sites excluding steroid dienone is 3. The van der Waals surface area contributed by atoms with Crippen LogP contribution in [-0.2, 0) is 6.54 Å². The minimum absolute atomic E-state index is 0.603. The van der Waals surface area contributed by atoms with E-state index in [2.05, 4.69) is 109 Å². The third kappa shape index (κ3) is 12.3. The summed E-state index contributed by atoms with van der Waals surface area (Å²) < 4.78 is 5.27. The first-order chi connectivity index (χ1) is 21.5. The van der Waals surface area contributed by atoms with Crippen molar-refractivity contribution in [3.8, 4) is 0 Å². The van der Waals surface area contributed by atoms with Crippen molar-refractivity contribution in [2.75, 3.05) is 24.6 Å². The topological polar surface area (TPSA) is 10.1 Å². The number of rotatable bonds is 22. The number of thiazole rings is 1. The number of aryl methyl sites for hydroxylation is 1. The zero-order valence-electron chi connectivity index (χ0n) is 29.2. The van der Waals surface area contributed by atoms with Crippen molar-refractivity contribution in [3.63, 3.8) is 0 Å². The molecule has 1 aromatic heterocycles. The molecule has 0 amide bonds. The summed E-state index contributed by atoms with van der Waals surface area (Å²) in [6.45, 7) is 17.6. The van der Waals surface area contributed by atoms with Gasteiger partial charge in [-0.25, -0.2) is 4.58 Å². The van der Waals surface area contributed by atoms with Crippen molar-refractivity contribution in [3.05, 3.63) is 44.9 Å². The van der Waals surface area contributed by atoms with E-state index in [1.807, 2.05) is 11.3 Å². The average Bonchev–Trinajstić information content (AvgIpc) is 3.68. The smallest absolute Gasteiger partial charge is 0.261 e. The van der Waals surface area contributed by atoms with E-state index in [0.717, 1.165) is 6.54 Å². The lowest BCUT2D eigenvalue weighted by atomic mass is 10.1. The Morgan fingerprint density at radius 3 is 2.14 bits per heavy atom. The van der Waals surface area contributed by atoms with Gasteiger partial charge in [0.2, 0.25) is 5.04 Å². The van der Waals surface area contributed by atoms with Gasteiger partial charge < -0.3 is 4.90 Å². The van der Waals surface area contributed by atoms with Gasteiger partial charge in [-0.1, -0.05) is 114 Å². The fourth-order valence-electron chi connectivity index (χ4n) is 6.25. The molecule has 0 spiro atoms. The van der Waals surface area contributed by atoms with Gasteiger partial charge in [0.25, 0.3) is 5.01 Å². The van der Waals surface area contributed by atoms with E-state index in [9.17, 15) is 0 Å².